The number of esters is 1. The maximum Gasteiger partial charge on any atom is 0.308 e. The van der Waals surface area contributed by atoms with Crippen LogP contribution in [0.3, 0.4) is 0 Å². The van der Waals surface area contributed by atoms with Crippen molar-refractivity contribution in [2.24, 2.45) is 0 Å². The number of amides is 1. The first-order chi connectivity index (χ1) is 22.1. The van der Waals surface area contributed by atoms with E-state index < -0.39 is 19.3 Å². The molecule has 0 fully saturated rings. The van der Waals surface area contributed by atoms with Crippen molar-refractivity contribution in [1.29, 1.82) is 0 Å². The molecule has 1 amide bonds. The van der Waals surface area contributed by atoms with Crippen molar-refractivity contribution in [3.8, 4) is 0 Å². The molecule has 0 radical (unpaired) electrons. The molecule has 7 heteroatoms. The van der Waals surface area contributed by atoms with E-state index in [-0.39, 0.29) is 29.3 Å². The Morgan fingerprint density at radius 1 is 0.761 bits per heavy atom. The minimum atomic E-state index is -2.11. The molecule has 234 valence electrons. The second kappa shape index (κ2) is 15.4. The van der Waals surface area contributed by atoms with E-state index in [0.29, 0.717) is 13.1 Å². The summed E-state index contributed by atoms with van der Waals surface area (Å²) >= 11 is 0. The Bertz CT molecular complexity index is 1640. The topological polar surface area (TPSA) is 58.6 Å². The molecule has 0 aromatic heterocycles. The van der Waals surface area contributed by atoms with Crippen LogP contribution in [-0.2, 0) is 33.5 Å². The maximum atomic E-state index is 13.8. The third-order valence-corrected chi connectivity index (χ3v) is 13.0. The van der Waals surface area contributed by atoms with E-state index in [2.05, 4.69) is 127 Å². The molecular weight excluding hydrogens is 655 g/mol. The molecule has 0 saturated heterocycles. The summed E-state index contributed by atoms with van der Waals surface area (Å²) in [6, 6.07) is 48.5. The van der Waals surface area contributed by atoms with Crippen LogP contribution in [0.2, 0.25) is 0 Å². The van der Waals surface area contributed by atoms with Gasteiger partial charge in [-0.05, 0) is 65.6 Å². The molecule has 5 nitrogen and oxygen atoms in total. The Morgan fingerprint density at radius 2 is 1.28 bits per heavy atom. The standard InChI is InChI=1S/C39H38N2O3P.BrH/c1-44-38(42)27-37-39(43)41(25-24-30-14-6-2-7-15-30)28-32-23-22-31(26-36(32)40-37)29-45(33-16-8-3-9-17-33,34-18-10-4-11-19-34)35-20-12-5-13-21-35;/h2-23,26,37,40H,24-25,27-29H2,1H3;1H/q+1;/p-1. The van der Waals surface area contributed by atoms with Crippen LogP contribution in [0.25, 0.3) is 0 Å². The number of nitrogens with one attached hydrogen (secondary N) is 1. The van der Waals surface area contributed by atoms with E-state index in [9.17, 15) is 9.59 Å². The number of rotatable bonds is 10. The third-order valence-electron chi connectivity index (χ3n) is 8.60. The molecule has 0 saturated carbocycles. The fraction of sp³-hybridized carbons (Fsp3) is 0.179. The Labute approximate surface area is 282 Å². The molecule has 5 aromatic carbocycles. The van der Waals surface area contributed by atoms with Gasteiger partial charge in [-0.15, -0.1) is 0 Å². The van der Waals surface area contributed by atoms with Gasteiger partial charge in [-0.1, -0.05) is 97.1 Å². The van der Waals surface area contributed by atoms with Crippen molar-refractivity contribution in [2.75, 3.05) is 19.0 Å². The number of anilines is 1. The summed E-state index contributed by atoms with van der Waals surface area (Å²) in [4.78, 5) is 28.1. The van der Waals surface area contributed by atoms with Gasteiger partial charge in [0.15, 0.2) is 0 Å². The quantitative estimate of drug-likeness (QED) is 0.181. The Hall–Kier alpha value is -4.25. The SMILES string of the molecule is COC(=O)CC1Nc2cc(C[P+](c3ccccc3)(c3ccccc3)c3ccccc3)ccc2CN(CCc2ccccc2)C1=O.[Br-]. The fourth-order valence-corrected chi connectivity index (χ4v) is 10.5. The smallest absolute Gasteiger partial charge is 0.308 e. The molecule has 0 spiro atoms. The number of benzene rings is 5. The zero-order chi connectivity index (χ0) is 31.1. The van der Waals surface area contributed by atoms with E-state index in [1.165, 1.54) is 34.2 Å². The number of methoxy groups -OCH3 is 1. The minimum absolute atomic E-state index is 0. The minimum Gasteiger partial charge on any atom is -1.00 e. The van der Waals surface area contributed by atoms with Gasteiger partial charge < -0.3 is 31.9 Å². The van der Waals surface area contributed by atoms with Crippen molar-refractivity contribution < 1.29 is 31.3 Å². The number of carbonyl (C=O) groups is 2. The molecule has 1 N–H and O–H groups in total. The third kappa shape index (κ3) is 7.25. The Morgan fingerprint density at radius 3 is 1.80 bits per heavy atom. The van der Waals surface area contributed by atoms with E-state index in [4.69, 9.17) is 4.74 Å². The zero-order valence-electron chi connectivity index (χ0n) is 25.9. The van der Waals surface area contributed by atoms with Gasteiger partial charge in [0.1, 0.15) is 29.2 Å². The fourth-order valence-electron chi connectivity index (χ4n) is 6.28. The van der Waals surface area contributed by atoms with Crippen LogP contribution in [0.5, 0.6) is 0 Å². The first-order valence-electron chi connectivity index (χ1n) is 15.4. The number of halogens is 1. The summed E-state index contributed by atoms with van der Waals surface area (Å²) in [5.74, 6) is -0.501. The molecule has 1 atom stereocenters. The number of hydrogen-bond donors (Lipinski definition) is 1. The van der Waals surface area contributed by atoms with Gasteiger partial charge in [0.2, 0.25) is 5.91 Å². The maximum absolute atomic E-state index is 13.8. The zero-order valence-corrected chi connectivity index (χ0v) is 28.4. The van der Waals surface area contributed by atoms with Crippen LogP contribution in [0.15, 0.2) is 140 Å². The average Bonchev–Trinajstić information content (AvgIpc) is 3.23. The lowest BCUT2D eigenvalue weighted by molar-refractivity contribution is -0.144. The second-order valence-corrected chi connectivity index (χ2v) is 14.9. The number of carbonyl (C=O) groups excluding carboxylic acids is 2. The normalized spacial score (nSPS) is 14.3. The molecule has 1 aliphatic rings. The molecule has 1 aliphatic heterocycles. The lowest BCUT2D eigenvalue weighted by Gasteiger charge is -2.28. The largest absolute Gasteiger partial charge is 1.00 e. The summed E-state index contributed by atoms with van der Waals surface area (Å²) in [6.07, 6.45) is 1.52. The molecule has 6 rings (SSSR count). The number of ether oxygens (including phenoxy) is 1. The van der Waals surface area contributed by atoms with Gasteiger partial charge in [0.25, 0.3) is 0 Å². The molecule has 0 bridgehead atoms. The van der Waals surface area contributed by atoms with E-state index >= 15 is 0 Å². The lowest BCUT2D eigenvalue weighted by Crippen LogP contribution is -3.00. The van der Waals surface area contributed by atoms with Gasteiger partial charge >= 0.3 is 5.97 Å². The predicted octanol–water partition coefficient (Wildman–Crippen LogP) is 3.11. The van der Waals surface area contributed by atoms with E-state index in [1.807, 2.05) is 23.1 Å². The van der Waals surface area contributed by atoms with Gasteiger partial charge in [0, 0.05) is 18.8 Å². The first kappa shape index (κ1) is 33.1. The van der Waals surface area contributed by atoms with Crippen molar-refractivity contribution in [3.63, 3.8) is 0 Å². The summed E-state index contributed by atoms with van der Waals surface area (Å²) in [5, 5.41) is 7.42. The molecule has 0 aliphatic carbocycles. The summed E-state index contributed by atoms with van der Waals surface area (Å²) < 4.78 is 4.99. The Balaban J connectivity index is 0.00000417. The van der Waals surface area contributed by atoms with Gasteiger partial charge in [-0.2, -0.15) is 0 Å². The van der Waals surface area contributed by atoms with Gasteiger partial charge in [-0.25, -0.2) is 0 Å². The summed E-state index contributed by atoms with van der Waals surface area (Å²) in [7, 11) is -0.749. The van der Waals surface area contributed by atoms with Crippen LogP contribution >= 0.6 is 7.26 Å². The highest BCUT2D eigenvalue weighted by Crippen LogP contribution is 2.58. The predicted molar refractivity (Wildman–Crippen MR) is 185 cm³/mol. The van der Waals surface area contributed by atoms with Crippen LogP contribution < -0.4 is 38.2 Å². The summed E-state index contributed by atoms with van der Waals surface area (Å²) in [6.45, 7) is 1.04. The molecule has 1 heterocycles. The second-order valence-electron chi connectivity index (χ2n) is 11.4. The van der Waals surface area contributed by atoms with Crippen molar-refractivity contribution in [2.45, 2.75) is 31.6 Å². The van der Waals surface area contributed by atoms with Crippen molar-refractivity contribution in [3.05, 3.63) is 156 Å². The summed E-state index contributed by atoms with van der Waals surface area (Å²) in [5.41, 5.74) is 4.28. The molecular formula is C39H38BrN2O3P. The van der Waals surface area contributed by atoms with E-state index in [1.54, 1.807) is 0 Å². The highest BCUT2D eigenvalue weighted by atomic mass is 79.9. The average molecular weight is 694 g/mol. The highest BCUT2D eigenvalue weighted by molar-refractivity contribution is 7.95. The highest BCUT2D eigenvalue weighted by Gasteiger charge is 2.45. The van der Waals surface area contributed by atoms with Crippen molar-refractivity contribution >= 4 is 40.7 Å². The first-order valence-corrected chi connectivity index (χ1v) is 17.4. The Kier molecular flexibility index (Phi) is 11.1. The lowest BCUT2D eigenvalue weighted by atomic mass is 10.1. The van der Waals surface area contributed by atoms with Crippen LogP contribution in [0.4, 0.5) is 5.69 Å². The number of nitrogens with zero attached hydrogens (tertiary/aromatic N) is 1. The van der Waals surface area contributed by atoms with Gasteiger partial charge in [-0.3, -0.25) is 9.59 Å². The monoisotopic (exact) mass is 692 g/mol. The number of fused-ring (bicyclic) bond motifs is 1. The molecule has 46 heavy (non-hydrogen) atoms. The van der Waals surface area contributed by atoms with Crippen LogP contribution in [0.1, 0.15) is 23.1 Å². The number of hydrogen-bond acceptors (Lipinski definition) is 4. The van der Waals surface area contributed by atoms with Crippen molar-refractivity contribution in [1.82, 2.24) is 4.90 Å². The van der Waals surface area contributed by atoms with Gasteiger partial charge in [0.05, 0.1) is 19.7 Å². The van der Waals surface area contributed by atoms with E-state index in [0.717, 1.165) is 23.8 Å². The van der Waals surface area contributed by atoms with Crippen LogP contribution in [-0.4, -0.2) is 36.5 Å². The molecule has 1 unspecified atom stereocenters. The van der Waals surface area contributed by atoms with Crippen LogP contribution in [0, 0.1) is 0 Å². The molecule has 5 aromatic rings.